The van der Waals surface area contributed by atoms with Gasteiger partial charge in [0.05, 0.1) is 12.9 Å². The van der Waals surface area contributed by atoms with E-state index in [1.807, 2.05) is 18.7 Å². The summed E-state index contributed by atoms with van der Waals surface area (Å²) in [5.41, 5.74) is 0. The van der Waals surface area contributed by atoms with E-state index in [9.17, 15) is 5.11 Å². The summed E-state index contributed by atoms with van der Waals surface area (Å²) in [5, 5.41) is 9.29. The maximum Gasteiger partial charge on any atom is 0.0945 e. The quantitative estimate of drug-likeness (QED) is 0.813. The molecule has 2 rings (SSSR count). The molecule has 1 atom stereocenters. The molecule has 4 heteroatoms. The number of rotatable bonds is 5. The molecule has 16 heavy (non-hydrogen) atoms. The monoisotopic (exact) mass is 223 g/mol. The van der Waals surface area contributed by atoms with Gasteiger partial charge in [-0.05, 0) is 25.8 Å². The predicted octanol–water partition coefficient (Wildman–Crippen LogP) is 1.12. The fraction of sp³-hybridized carbons (Fsp3) is 0.750. The number of hydrogen-bond donors (Lipinski definition) is 1. The van der Waals surface area contributed by atoms with Gasteiger partial charge in [0.15, 0.2) is 0 Å². The van der Waals surface area contributed by atoms with E-state index in [0.717, 1.165) is 32.5 Å². The van der Waals surface area contributed by atoms with E-state index in [1.54, 1.807) is 0 Å². The second kappa shape index (κ2) is 6.01. The number of nitrogens with zero attached hydrogens (tertiary/aromatic N) is 3. The molecule has 0 amide bonds. The van der Waals surface area contributed by atoms with Crippen LogP contribution in [0.5, 0.6) is 0 Å². The van der Waals surface area contributed by atoms with Crippen molar-refractivity contribution in [2.45, 2.75) is 38.3 Å². The van der Waals surface area contributed by atoms with Crippen LogP contribution in [0.3, 0.4) is 0 Å². The topological polar surface area (TPSA) is 41.3 Å². The van der Waals surface area contributed by atoms with Crippen LogP contribution in [0.15, 0.2) is 18.7 Å². The molecule has 1 fully saturated rings. The number of hydrogen-bond acceptors (Lipinski definition) is 3. The standard InChI is InChI=1S/C12H21N3O/c16-10-12-4-1-2-7-15(12)8-3-6-14-9-5-13-11-14/h5,9,11-12,16H,1-4,6-8,10H2. The molecule has 90 valence electrons. The van der Waals surface area contributed by atoms with Crippen LogP contribution in [0.2, 0.25) is 0 Å². The van der Waals surface area contributed by atoms with Crippen LogP contribution in [0.1, 0.15) is 25.7 Å². The van der Waals surface area contributed by atoms with Crippen molar-refractivity contribution in [3.63, 3.8) is 0 Å². The van der Waals surface area contributed by atoms with Crippen LogP contribution in [-0.4, -0.2) is 45.3 Å². The highest BCUT2D eigenvalue weighted by Crippen LogP contribution is 2.16. The van der Waals surface area contributed by atoms with E-state index < -0.39 is 0 Å². The summed E-state index contributed by atoms with van der Waals surface area (Å²) in [6.45, 7) is 3.57. The van der Waals surface area contributed by atoms with Gasteiger partial charge < -0.3 is 9.67 Å². The Kier molecular flexibility index (Phi) is 4.36. The second-order valence-electron chi connectivity index (χ2n) is 4.52. The van der Waals surface area contributed by atoms with Crippen LogP contribution in [0.4, 0.5) is 0 Å². The van der Waals surface area contributed by atoms with Gasteiger partial charge in [-0.25, -0.2) is 4.98 Å². The molecule has 1 aromatic rings. The Bertz CT molecular complexity index is 286. The number of aliphatic hydroxyl groups is 1. The van der Waals surface area contributed by atoms with Gasteiger partial charge in [0, 0.05) is 31.5 Å². The Morgan fingerprint density at radius 1 is 1.31 bits per heavy atom. The van der Waals surface area contributed by atoms with Crippen LogP contribution < -0.4 is 0 Å². The molecule has 1 aliphatic heterocycles. The van der Waals surface area contributed by atoms with Gasteiger partial charge in [-0.3, -0.25) is 4.90 Å². The Hall–Kier alpha value is -0.870. The fourth-order valence-corrected chi connectivity index (χ4v) is 2.44. The van der Waals surface area contributed by atoms with Crippen LogP contribution in [-0.2, 0) is 6.54 Å². The van der Waals surface area contributed by atoms with E-state index in [2.05, 4.69) is 14.5 Å². The average molecular weight is 223 g/mol. The minimum Gasteiger partial charge on any atom is -0.395 e. The van der Waals surface area contributed by atoms with Crippen molar-refractivity contribution in [3.8, 4) is 0 Å². The molecule has 1 saturated heterocycles. The van der Waals surface area contributed by atoms with Gasteiger partial charge >= 0.3 is 0 Å². The molecule has 0 bridgehead atoms. The summed E-state index contributed by atoms with van der Waals surface area (Å²) in [6.07, 6.45) is 10.5. The minimum absolute atomic E-state index is 0.311. The van der Waals surface area contributed by atoms with Crippen molar-refractivity contribution in [1.82, 2.24) is 14.5 Å². The minimum atomic E-state index is 0.311. The SMILES string of the molecule is OCC1CCCCN1CCCn1ccnc1. The number of piperidine rings is 1. The molecule has 1 unspecified atom stereocenters. The van der Waals surface area contributed by atoms with Gasteiger partial charge in [0.25, 0.3) is 0 Å². The van der Waals surface area contributed by atoms with Crippen molar-refractivity contribution in [2.75, 3.05) is 19.7 Å². The third-order valence-corrected chi connectivity index (χ3v) is 3.38. The van der Waals surface area contributed by atoms with Crippen molar-refractivity contribution >= 4 is 0 Å². The lowest BCUT2D eigenvalue weighted by Crippen LogP contribution is -2.42. The molecular formula is C12H21N3O. The zero-order chi connectivity index (χ0) is 11.2. The molecule has 0 radical (unpaired) electrons. The van der Waals surface area contributed by atoms with Gasteiger partial charge in [0.2, 0.25) is 0 Å². The Morgan fingerprint density at radius 3 is 3.00 bits per heavy atom. The molecule has 1 aliphatic rings. The molecule has 1 aromatic heterocycles. The summed E-state index contributed by atoms with van der Waals surface area (Å²) in [7, 11) is 0. The maximum atomic E-state index is 9.29. The highest BCUT2D eigenvalue weighted by Gasteiger charge is 2.20. The van der Waals surface area contributed by atoms with Gasteiger partial charge in [-0.15, -0.1) is 0 Å². The van der Waals surface area contributed by atoms with Gasteiger partial charge in [-0.1, -0.05) is 6.42 Å². The number of aliphatic hydroxyl groups excluding tert-OH is 1. The van der Waals surface area contributed by atoms with E-state index in [-0.39, 0.29) is 0 Å². The average Bonchev–Trinajstić information content (AvgIpc) is 2.83. The fourth-order valence-electron chi connectivity index (χ4n) is 2.44. The summed E-state index contributed by atoms with van der Waals surface area (Å²) < 4.78 is 2.11. The second-order valence-corrected chi connectivity index (χ2v) is 4.52. The van der Waals surface area contributed by atoms with Crippen molar-refractivity contribution in [3.05, 3.63) is 18.7 Å². The smallest absolute Gasteiger partial charge is 0.0945 e. The normalized spacial score (nSPS) is 22.4. The van der Waals surface area contributed by atoms with Crippen LogP contribution >= 0.6 is 0 Å². The molecule has 0 aliphatic carbocycles. The zero-order valence-corrected chi connectivity index (χ0v) is 9.76. The first kappa shape index (κ1) is 11.6. The highest BCUT2D eigenvalue weighted by atomic mass is 16.3. The van der Waals surface area contributed by atoms with Crippen molar-refractivity contribution in [2.24, 2.45) is 0 Å². The Morgan fingerprint density at radius 2 is 2.25 bits per heavy atom. The molecule has 4 nitrogen and oxygen atoms in total. The van der Waals surface area contributed by atoms with E-state index in [4.69, 9.17) is 0 Å². The van der Waals surface area contributed by atoms with Crippen LogP contribution in [0, 0.1) is 0 Å². The van der Waals surface area contributed by atoms with E-state index in [1.165, 1.54) is 12.8 Å². The molecule has 0 spiro atoms. The van der Waals surface area contributed by atoms with Crippen molar-refractivity contribution < 1.29 is 5.11 Å². The summed E-state index contributed by atoms with van der Waals surface area (Å²) in [4.78, 5) is 6.46. The van der Waals surface area contributed by atoms with Gasteiger partial charge in [-0.2, -0.15) is 0 Å². The number of aryl methyl sites for hydroxylation is 1. The first-order chi connectivity index (χ1) is 7.90. The van der Waals surface area contributed by atoms with Crippen LogP contribution in [0.25, 0.3) is 0 Å². The molecule has 1 N–H and O–H groups in total. The Labute approximate surface area is 96.9 Å². The van der Waals surface area contributed by atoms with Gasteiger partial charge in [0.1, 0.15) is 0 Å². The Balaban J connectivity index is 1.71. The first-order valence-corrected chi connectivity index (χ1v) is 6.21. The lowest BCUT2D eigenvalue weighted by molar-refractivity contribution is 0.0882. The molecule has 2 heterocycles. The predicted molar refractivity (Wildman–Crippen MR) is 63.1 cm³/mol. The van der Waals surface area contributed by atoms with Crippen molar-refractivity contribution in [1.29, 1.82) is 0 Å². The molecule has 0 aromatic carbocycles. The third kappa shape index (κ3) is 3.06. The summed E-state index contributed by atoms with van der Waals surface area (Å²) >= 11 is 0. The number of imidazole rings is 1. The molecule has 0 saturated carbocycles. The lowest BCUT2D eigenvalue weighted by atomic mass is 10.0. The summed E-state index contributed by atoms with van der Waals surface area (Å²) in [6, 6.07) is 0.400. The molecular weight excluding hydrogens is 202 g/mol. The number of aromatic nitrogens is 2. The van der Waals surface area contributed by atoms with E-state index in [0.29, 0.717) is 12.6 Å². The lowest BCUT2D eigenvalue weighted by Gasteiger charge is -2.34. The first-order valence-electron chi connectivity index (χ1n) is 6.21. The zero-order valence-electron chi connectivity index (χ0n) is 9.76. The third-order valence-electron chi connectivity index (χ3n) is 3.38. The maximum absolute atomic E-state index is 9.29. The number of likely N-dealkylation sites (tertiary alicyclic amines) is 1. The highest BCUT2D eigenvalue weighted by molar-refractivity contribution is 4.77. The largest absolute Gasteiger partial charge is 0.395 e. The summed E-state index contributed by atoms with van der Waals surface area (Å²) in [5.74, 6) is 0. The van der Waals surface area contributed by atoms with E-state index >= 15 is 0 Å².